The molecule has 2 N–H and O–H groups in total. The maximum absolute atomic E-state index is 12.3. The molecular formula is C16H24ClN3O2. The van der Waals surface area contributed by atoms with Crippen molar-refractivity contribution in [1.29, 1.82) is 0 Å². The number of hydrogen-bond donors (Lipinski definition) is 2. The van der Waals surface area contributed by atoms with Gasteiger partial charge < -0.3 is 15.5 Å². The van der Waals surface area contributed by atoms with Crippen molar-refractivity contribution < 1.29 is 9.59 Å². The standard InChI is InChI=1S/C16H23N3O2.ClH/c1-11-9-14(7-8-17-11)18-15(20)12-5-4-6-13(10-12)16(21)19(2)3;/h4-6,10-11,14,17H,7-9H2,1-3H3,(H,18,20);1H. The van der Waals surface area contributed by atoms with Gasteiger partial charge in [-0.1, -0.05) is 6.07 Å². The van der Waals surface area contributed by atoms with Gasteiger partial charge in [-0.05, 0) is 44.5 Å². The number of hydrogen-bond acceptors (Lipinski definition) is 3. The van der Waals surface area contributed by atoms with Crippen LogP contribution in [0.2, 0.25) is 0 Å². The Morgan fingerprint density at radius 2 is 1.95 bits per heavy atom. The molecule has 122 valence electrons. The fourth-order valence-electron chi connectivity index (χ4n) is 2.58. The molecule has 2 unspecified atom stereocenters. The molecule has 0 spiro atoms. The van der Waals surface area contributed by atoms with Crippen molar-refractivity contribution in [3.05, 3.63) is 35.4 Å². The zero-order valence-corrected chi connectivity index (χ0v) is 14.1. The summed E-state index contributed by atoms with van der Waals surface area (Å²) >= 11 is 0. The van der Waals surface area contributed by atoms with Gasteiger partial charge in [0.1, 0.15) is 0 Å². The van der Waals surface area contributed by atoms with E-state index in [1.165, 1.54) is 4.90 Å². The van der Waals surface area contributed by atoms with Crippen LogP contribution in [0.15, 0.2) is 24.3 Å². The SMILES string of the molecule is CC1CC(NC(=O)c2cccc(C(=O)N(C)C)c2)CCN1.Cl. The molecule has 2 rings (SSSR count). The second-order valence-electron chi connectivity index (χ2n) is 5.83. The summed E-state index contributed by atoms with van der Waals surface area (Å²) < 4.78 is 0. The van der Waals surface area contributed by atoms with E-state index in [4.69, 9.17) is 0 Å². The van der Waals surface area contributed by atoms with Crippen molar-refractivity contribution in [3.63, 3.8) is 0 Å². The Labute approximate surface area is 137 Å². The highest BCUT2D eigenvalue weighted by atomic mass is 35.5. The zero-order chi connectivity index (χ0) is 15.4. The molecule has 2 amide bonds. The molecule has 1 heterocycles. The maximum atomic E-state index is 12.3. The van der Waals surface area contributed by atoms with Gasteiger partial charge in [-0.2, -0.15) is 0 Å². The molecule has 6 heteroatoms. The summed E-state index contributed by atoms with van der Waals surface area (Å²) in [4.78, 5) is 25.8. The van der Waals surface area contributed by atoms with Gasteiger partial charge in [0.15, 0.2) is 0 Å². The highest BCUT2D eigenvalue weighted by molar-refractivity contribution is 5.99. The van der Waals surface area contributed by atoms with E-state index < -0.39 is 0 Å². The van der Waals surface area contributed by atoms with Crippen LogP contribution in [-0.4, -0.2) is 49.4 Å². The first-order valence-corrected chi connectivity index (χ1v) is 7.33. The summed E-state index contributed by atoms with van der Waals surface area (Å²) in [7, 11) is 3.40. The number of amides is 2. The molecule has 0 bridgehead atoms. The molecule has 1 fully saturated rings. The van der Waals surface area contributed by atoms with Crippen molar-refractivity contribution in [2.24, 2.45) is 0 Å². The smallest absolute Gasteiger partial charge is 0.253 e. The zero-order valence-electron chi connectivity index (χ0n) is 13.3. The van der Waals surface area contributed by atoms with Crippen LogP contribution in [0.5, 0.6) is 0 Å². The van der Waals surface area contributed by atoms with E-state index >= 15 is 0 Å². The van der Waals surface area contributed by atoms with Crippen molar-refractivity contribution in [1.82, 2.24) is 15.5 Å². The number of benzene rings is 1. The largest absolute Gasteiger partial charge is 0.349 e. The summed E-state index contributed by atoms with van der Waals surface area (Å²) in [6.07, 6.45) is 1.87. The predicted molar refractivity (Wildman–Crippen MR) is 89.7 cm³/mol. The Bertz CT molecular complexity index is 534. The molecule has 1 aliphatic rings. The van der Waals surface area contributed by atoms with Gasteiger partial charge >= 0.3 is 0 Å². The third kappa shape index (κ3) is 4.71. The van der Waals surface area contributed by atoms with Crippen molar-refractivity contribution in [2.75, 3.05) is 20.6 Å². The van der Waals surface area contributed by atoms with E-state index in [9.17, 15) is 9.59 Å². The Hall–Kier alpha value is -1.59. The molecule has 1 aromatic rings. The second-order valence-corrected chi connectivity index (χ2v) is 5.83. The van der Waals surface area contributed by atoms with Crippen LogP contribution in [0.3, 0.4) is 0 Å². The maximum Gasteiger partial charge on any atom is 0.253 e. The first kappa shape index (κ1) is 18.5. The normalized spacial score (nSPS) is 20.7. The highest BCUT2D eigenvalue weighted by Gasteiger charge is 2.21. The van der Waals surface area contributed by atoms with E-state index in [-0.39, 0.29) is 30.3 Å². The highest BCUT2D eigenvalue weighted by Crippen LogP contribution is 2.11. The van der Waals surface area contributed by atoms with Gasteiger partial charge in [0.05, 0.1) is 0 Å². The molecule has 1 aromatic carbocycles. The molecule has 22 heavy (non-hydrogen) atoms. The Kier molecular flexibility index (Phi) is 6.84. The lowest BCUT2D eigenvalue weighted by molar-refractivity contribution is 0.0827. The number of rotatable bonds is 3. The van der Waals surface area contributed by atoms with E-state index in [0.717, 1.165) is 19.4 Å². The molecule has 0 aromatic heterocycles. The first-order valence-electron chi connectivity index (χ1n) is 7.33. The lowest BCUT2D eigenvalue weighted by atomic mass is 10.00. The molecule has 1 saturated heterocycles. The predicted octanol–water partition coefficient (Wildman–Crippen LogP) is 1.68. The molecule has 0 saturated carbocycles. The van der Waals surface area contributed by atoms with Crippen LogP contribution >= 0.6 is 12.4 Å². The molecule has 1 aliphatic heterocycles. The van der Waals surface area contributed by atoms with Crippen molar-refractivity contribution in [3.8, 4) is 0 Å². The lowest BCUT2D eigenvalue weighted by Crippen LogP contribution is -2.46. The number of carbonyl (C=O) groups excluding carboxylic acids is 2. The Morgan fingerprint density at radius 1 is 1.27 bits per heavy atom. The third-order valence-electron chi connectivity index (χ3n) is 3.74. The fraction of sp³-hybridized carbons (Fsp3) is 0.500. The third-order valence-corrected chi connectivity index (χ3v) is 3.74. The Balaban J connectivity index is 0.00000242. The second kappa shape index (κ2) is 8.15. The lowest BCUT2D eigenvalue weighted by Gasteiger charge is -2.28. The van der Waals surface area contributed by atoms with E-state index in [2.05, 4.69) is 17.6 Å². The van der Waals surface area contributed by atoms with Crippen molar-refractivity contribution in [2.45, 2.75) is 31.8 Å². The minimum atomic E-state index is -0.109. The fourth-order valence-corrected chi connectivity index (χ4v) is 2.58. The quantitative estimate of drug-likeness (QED) is 0.889. The summed E-state index contributed by atoms with van der Waals surface area (Å²) in [5, 5.41) is 6.42. The van der Waals surface area contributed by atoms with E-state index in [1.807, 2.05) is 0 Å². The minimum Gasteiger partial charge on any atom is -0.349 e. The van der Waals surface area contributed by atoms with Crippen LogP contribution in [0, 0.1) is 0 Å². The molecule has 5 nitrogen and oxygen atoms in total. The molecule has 0 radical (unpaired) electrons. The van der Waals surface area contributed by atoms with Gasteiger partial charge in [-0.15, -0.1) is 12.4 Å². The van der Waals surface area contributed by atoms with Gasteiger partial charge in [0.2, 0.25) is 0 Å². The summed E-state index contributed by atoms with van der Waals surface area (Å²) in [5.41, 5.74) is 1.07. The van der Waals surface area contributed by atoms with Crippen LogP contribution in [-0.2, 0) is 0 Å². The number of carbonyl (C=O) groups is 2. The average Bonchev–Trinajstić information content (AvgIpc) is 2.46. The molecular weight excluding hydrogens is 302 g/mol. The average molecular weight is 326 g/mol. The topological polar surface area (TPSA) is 61.4 Å². The summed E-state index contributed by atoms with van der Waals surface area (Å²) in [6, 6.07) is 7.49. The first-order chi connectivity index (χ1) is 9.97. The summed E-state index contributed by atoms with van der Waals surface area (Å²) in [5.74, 6) is -0.206. The van der Waals surface area contributed by atoms with Gasteiger partial charge in [-0.3, -0.25) is 9.59 Å². The minimum absolute atomic E-state index is 0. The summed E-state index contributed by atoms with van der Waals surface area (Å²) in [6.45, 7) is 3.04. The van der Waals surface area contributed by atoms with Gasteiger partial charge in [0, 0.05) is 37.3 Å². The molecule has 2 atom stereocenters. The van der Waals surface area contributed by atoms with E-state index in [1.54, 1.807) is 38.4 Å². The van der Waals surface area contributed by atoms with Gasteiger partial charge in [-0.25, -0.2) is 0 Å². The van der Waals surface area contributed by atoms with Crippen LogP contribution in [0.1, 0.15) is 40.5 Å². The van der Waals surface area contributed by atoms with Gasteiger partial charge in [0.25, 0.3) is 11.8 Å². The van der Waals surface area contributed by atoms with Crippen molar-refractivity contribution >= 4 is 24.2 Å². The van der Waals surface area contributed by atoms with Crippen LogP contribution in [0.25, 0.3) is 0 Å². The molecule has 0 aliphatic carbocycles. The number of nitrogens with zero attached hydrogens (tertiary/aromatic N) is 1. The number of piperidine rings is 1. The Morgan fingerprint density at radius 3 is 2.59 bits per heavy atom. The van der Waals surface area contributed by atoms with Crippen LogP contribution < -0.4 is 10.6 Å². The number of nitrogens with one attached hydrogen (secondary N) is 2. The van der Waals surface area contributed by atoms with E-state index in [0.29, 0.717) is 17.2 Å². The van der Waals surface area contributed by atoms with Crippen LogP contribution in [0.4, 0.5) is 0 Å². The number of halogens is 1. The monoisotopic (exact) mass is 325 g/mol.